The summed E-state index contributed by atoms with van der Waals surface area (Å²) in [6.07, 6.45) is 4.87. The Morgan fingerprint density at radius 3 is 2.77 bits per heavy atom. The smallest absolute Gasteiger partial charge is 0.0270 e. The lowest BCUT2D eigenvalue weighted by atomic mass is 10.2. The molecule has 13 heavy (non-hydrogen) atoms. The van der Waals surface area contributed by atoms with E-state index < -0.39 is 0 Å². The minimum Gasteiger partial charge on any atom is -0.255 e. The fraction of sp³-hybridized carbons (Fsp3) is 1.00. The molecule has 74 valence electrons. The maximum Gasteiger partial charge on any atom is 0.0270 e. The van der Waals surface area contributed by atoms with Crippen LogP contribution >= 0.6 is 0 Å². The van der Waals surface area contributed by atoms with Gasteiger partial charge in [-0.2, -0.15) is 0 Å². The van der Waals surface area contributed by atoms with Gasteiger partial charge in [0.15, 0.2) is 0 Å². The quantitative estimate of drug-likeness (QED) is 0.305. The Morgan fingerprint density at radius 1 is 1.31 bits per heavy atom. The molecule has 0 saturated carbocycles. The first kappa shape index (κ1) is 10.3. The predicted molar refractivity (Wildman–Crippen MR) is 52.1 cm³/mol. The molecule has 0 amide bonds. The van der Waals surface area contributed by atoms with Crippen molar-refractivity contribution < 1.29 is 0 Å². The predicted octanol–water partition coefficient (Wildman–Crippen LogP) is 1.68. The average Bonchev–Trinajstić information content (AvgIpc) is 2.19. The largest absolute Gasteiger partial charge is 0.255 e. The number of nitrogens with zero attached hydrogens (tertiary/aromatic N) is 4. The van der Waals surface area contributed by atoms with Crippen LogP contribution in [0.15, 0.2) is 5.11 Å². The maximum absolute atomic E-state index is 8.04. The summed E-state index contributed by atoms with van der Waals surface area (Å²) < 4.78 is 0. The molecule has 0 spiro atoms. The van der Waals surface area contributed by atoms with E-state index in [1.807, 2.05) is 0 Å². The van der Waals surface area contributed by atoms with Gasteiger partial charge in [0.2, 0.25) is 0 Å². The molecular formula is C8H17N5. The van der Waals surface area contributed by atoms with E-state index in [-0.39, 0.29) is 0 Å². The first-order chi connectivity index (χ1) is 6.43. The van der Waals surface area contributed by atoms with E-state index in [4.69, 9.17) is 5.53 Å². The fourth-order valence-corrected chi connectivity index (χ4v) is 1.48. The van der Waals surface area contributed by atoms with Gasteiger partial charge in [0.1, 0.15) is 0 Å². The Balaban J connectivity index is 1.94. The minimum absolute atomic E-state index is 0.595. The summed E-state index contributed by atoms with van der Waals surface area (Å²) in [5.41, 5.74) is 11.4. The zero-order valence-corrected chi connectivity index (χ0v) is 7.95. The molecule has 0 aromatic carbocycles. The Labute approximate surface area is 78.7 Å². The third-order valence-electron chi connectivity index (χ3n) is 2.19. The highest BCUT2D eigenvalue weighted by atomic mass is 15.5. The topological polar surface area (TPSA) is 64.0 Å². The molecule has 1 rings (SSSR count). The van der Waals surface area contributed by atoms with Gasteiger partial charge in [-0.05, 0) is 24.8 Å². The van der Waals surface area contributed by atoms with Crippen molar-refractivity contribution in [1.29, 1.82) is 0 Å². The van der Waals surface area contributed by atoms with Crippen LogP contribution in [0.5, 0.6) is 0 Å². The summed E-state index contributed by atoms with van der Waals surface area (Å²) in [6.45, 7) is 3.82. The lowest BCUT2D eigenvalue weighted by Crippen LogP contribution is -2.42. The highest BCUT2D eigenvalue weighted by molar-refractivity contribution is 4.60. The molecule has 0 atom stereocenters. The zero-order valence-electron chi connectivity index (χ0n) is 7.95. The molecule has 1 aliphatic rings. The van der Waals surface area contributed by atoms with Crippen LogP contribution in [0.25, 0.3) is 10.4 Å². The Bertz CT molecular complexity index is 169. The van der Waals surface area contributed by atoms with Gasteiger partial charge < -0.3 is 0 Å². The van der Waals surface area contributed by atoms with E-state index in [9.17, 15) is 0 Å². The molecule has 0 aliphatic carbocycles. The third kappa shape index (κ3) is 4.72. The van der Waals surface area contributed by atoms with Crippen molar-refractivity contribution >= 4 is 0 Å². The number of hydrazine groups is 1. The number of rotatable bonds is 5. The molecule has 0 bridgehead atoms. The monoisotopic (exact) mass is 183 g/mol. The van der Waals surface area contributed by atoms with Crippen molar-refractivity contribution in [3.05, 3.63) is 10.4 Å². The third-order valence-corrected chi connectivity index (χ3v) is 2.19. The van der Waals surface area contributed by atoms with E-state index in [2.05, 4.69) is 20.5 Å². The van der Waals surface area contributed by atoms with Crippen LogP contribution in [0.4, 0.5) is 0 Å². The lowest BCUT2D eigenvalue weighted by Gasteiger charge is -2.26. The molecule has 1 saturated heterocycles. The summed E-state index contributed by atoms with van der Waals surface area (Å²) in [6, 6.07) is 0. The van der Waals surface area contributed by atoms with Gasteiger partial charge >= 0.3 is 0 Å². The van der Waals surface area contributed by atoms with Crippen LogP contribution in [0, 0.1) is 0 Å². The van der Waals surface area contributed by atoms with Gasteiger partial charge in [0.05, 0.1) is 0 Å². The molecule has 1 heterocycles. The van der Waals surface area contributed by atoms with Crippen LogP contribution in [-0.4, -0.2) is 31.2 Å². The van der Waals surface area contributed by atoms with Crippen LogP contribution in [-0.2, 0) is 0 Å². The summed E-state index contributed by atoms with van der Waals surface area (Å²) in [7, 11) is 0. The normalized spacial score (nSPS) is 18.2. The molecule has 0 radical (unpaired) electrons. The van der Waals surface area contributed by atoms with Gasteiger partial charge in [-0.15, -0.1) is 0 Å². The van der Waals surface area contributed by atoms with Gasteiger partial charge in [-0.25, -0.2) is 5.01 Å². The van der Waals surface area contributed by atoms with Gasteiger partial charge in [0.25, 0.3) is 0 Å². The molecule has 5 heteroatoms. The highest BCUT2D eigenvalue weighted by Crippen LogP contribution is 2.05. The molecule has 5 nitrogen and oxygen atoms in total. The first-order valence-electron chi connectivity index (χ1n) is 4.93. The molecule has 0 unspecified atom stereocenters. The number of nitrogens with one attached hydrogen (secondary N) is 1. The summed E-state index contributed by atoms with van der Waals surface area (Å²) >= 11 is 0. The standard InChI is InChI=1S/C8H17N5/c9-12-10-5-4-6-11-13-7-2-1-3-8-13/h11H,1-8H2. The van der Waals surface area contributed by atoms with E-state index in [1.165, 1.54) is 19.3 Å². The first-order valence-corrected chi connectivity index (χ1v) is 4.93. The molecule has 1 aliphatic heterocycles. The van der Waals surface area contributed by atoms with Gasteiger partial charge in [-0.3, -0.25) is 5.43 Å². The summed E-state index contributed by atoms with van der Waals surface area (Å²) in [5.74, 6) is 0. The van der Waals surface area contributed by atoms with E-state index in [1.54, 1.807) is 0 Å². The van der Waals surface area contributed by atoms with Crippen LogP contribution in [0.3, 0.4) is 0 Å². The van der Waals surface area contributed by atoms with Crippen molar-refractivity contribution in [3.8, 4) is 0 Å². The minimum atomic E-state index is 0.595. The fourth-order valence-electron chi connectivity index (χ4n) is 1.48. The number of azide groups is 1. The molecule has 1 fully saturated rings. The summed E-state index contributed by atoms with van der Waals surface area (Å²) in [5, 5.41) is 5.74. The van der Waals surface area contributed by atoms with Crippen molar-refractivity contribution in [2.75, 3.05) is 26.2 Å². The van der Waals surface area contributed by atoms with E-state index in [0.717, 1.165) is 26.1 Å². The maximum atomic E-state index is 8.04. The second-order valence-electron chi connectivity index (χ2n) is 3.26. The van der Waals surface area contributed by atoms with Gasteiger partial charge in [0, 0.05) is 31.1 Å². The number of piperidine rings is 1. The Kier molecular flexibility index (Phi) is 5.33. The summed E-state index contributed by atoms with van der Waals surface area (Å²) in [4.78, 5) is 2.70. The SMILES string of the molecule is [N-]=[N+]=NCCCNN1CCCCC1. The average molecular weight is 183 g/mol. The zero-order chi connectivity index (χ0) is 9.36. The van der Waals surface area contributed by atoms with Crippen molar-refractivity contribution in [3.63, 3.8) is 0 Å². The van der Waals surface area contributed by atoms with Crippen LogP contribution in [0.1, 0.15) is 25.7 Å². The van der Waals surface area contributed by atoms with Crippen LogP contribution < -0.4 is 5.43 Å². The Hall–Kier alpha value is -0.770. The van der Waals surface area contributed by atoms with Crippen molar-refractivity contribution in [1.82, 2.24) is 10.4 Å². The molecule has 0 aromatic heterocycles. The number of hydrogen-bond donors (Lipinski definition) is 1. The Morgan fingerprint density at radius 2 is 2.08 bits per heavy atom. The second kappa shape index (κ2) is 6.71. The lowest BCUT2D eigenvalue weighted by molar-refractivity contribution is 0.154. The molecular weight excluding hydrogens is 166 g/mol. The molecule has 1 N–H and O–H groups in total. The molecule has 0 aromatic rings. The second-order valence-corrected chi connectivity index (χ2v) is 3.26. The highest BCUT2D eigenvalue weighted by Gasteiger charge is 2.07. The van der Waals surface area contributed by atoms with E-state index in [0.29, 0.717) is 6.54 Å². The van der Waals surface area contributed by atoms with E-state index >= 15 is 0 Å². The van der Waals surface area contributed by atoms with Gasteiger partial charge in [-0.1, -0.05) is 11.5 Å². The number of hydrogen-bond acceptors (Lipinski definition) is 3. The van der Waals surface area contributed by atoms with Crippen molar-refractivity contribution in [2.45, 2.75) is 25.7 Å². The van der Waals surface area contributed by atoms with Crippen LogP contribution in [0.2, 0.25) is 0 Å². The van der Waals surface area contributed by atoms with Crippen molar-refractivity contribution in [2.24, 2.45) is 5.11 Å².